The second-order valence-corrected chi connectivity index (χ2v) is 7.33. The third kappa shape index (κ3) is 4.73. The molecule has 0 radical (unpaired) electrons. The SMILES string of the molecule is Cc1cc(/C=C/C(=O)OCC(=O)Nc2c(Cl)cccc2Cl)c(C)n1C1CC1. The fourth-order valence-corrected chi connectivity index (χ4v) is 3.49. The molecule has 1 saturated carbocycles. The predicted molar refractivity (Wildman–Crippen MR) is 107 cm³/mol. The number of hydrogen-bond acceptors (Lipinski definition) is 3. The van der Waals surface area contributed by atoms with E-state index in [0.29, 0.717) is 21.8 Å². The molecule has 0 unspecified atom stereocenters. The molecule has 1 amide bonds. The van der Waals surface area contributed by atoms with Crippen molar-refractivity contribution in [2.75, 3.05) is 11.9 Å². The van der Waals surface area contributed by atoms with Crippen LogP contribution in [0.1, 0.15) is 35.8 Å². The van der Waals surface area contributed by atoms with Crippen molar-refractivity contribution >= 4 is 46.8 Å². The van der Waals surface area contributed by atoms with Gasteiger partial charge in [-0.2, -0.15) is 0 Å². The Morgan fingerprint density at radius 1 is 1.26 bits per heavy atom. The molecule has 1 aromatic heterocycles. The first kappa shape index (κ1) is 19.5. The number of amides is 1. The van der Waals surface area contributed by atoms with Gasteiger partial charge in [0, 0.05) is 23.5 Å². The Hall–Kier alpha value is -2.24. The van der Waals surface area contributed by atoms with Gasteiger partial charge in [0.2, 0.25) is 0 Å². The van der Waals surface area contributed by atoms with Crippen LogP contribution in [0.5, 0.6) is 0 Å². The van der Waals surface area contributed by atoms with Crippen molar-refractivity contribution in [3.8, 4) is 0 Å². The Labute approximate surface area is 167 Å². The van der Waals surface area contributed by atoms with Crippen LogP contribution in [0.25, 0.3) is 6.08 Å². The molecular formula is C20H20Cl2N2O3. The smallest absolute Gasteiger partial charge is 0.331 e. The van der Waals surface area contributed by atoms with Crippen LogP contribution in [0.4, 0.5) is 5.69 Å². The summed E-state index contributed by atoms with van der Waals surface area (Å²) >= 11 is 12.0. The van der Waals surface area contributed by atoms with E-state index in [9.17, 15) is 9.59 Å². The van der Waals surface area contributed by atoms with Crippen molar-refractivity contribution in [3.05, 3.63) is 57.3 Å². The van der Waals surface area contributed by atoms with Gasteiger partial charge in [-0.1, -0.05) is 29.3 Å². The van der Waals surface area contributed by atoms with Crippen LogP contribution in [0.2, 0.25) is 10.0 Å². The number of nitrogens with one attached hydrogen (secondary N) is 1. The summed E-state index contributed by atoms with van der Waals surface area (Å²) in [5, 5.41) is 3.17. The minimum Gasteiger partial charge on any atom is -0.452 e. The summed E-state index contributed by atoms with van der Waals surface area (Å²) in [7, 11) is 0. The van der Waals surface area contributed by atoms with Crippen molar-refractivity contribution in [2.45, 2.75) is 32.7 Å². The number of esters is 1. The number of aryl methyl sites for hydroxylation is 1. The second kappa shape index (κ2) is 8.19. The summed E-state index contributed by atoms with van der Waals surface area (Å²) in [6, 6.07) is 7.51. The van der Waals surface area contributed by atoms with Crippen LogP contribution in [0.3, 0.4) is 0 Å². The summed E-state index contributed by atoms with van der Waals surface area (Å²) in [6.45, 7) is 3.67. The maximum atomic E-state index is 11.9. The van der Waals surface area contributed by atoms with Crippen molar-refractivity contribution in [1.82, 2.24) is 4.57 Å². The van der Waals surface area contributed by atoms with Crippen LogP contribution < -0.4 is 5.32 Å². The molecule has 27 heavy (non-hydrogen) atoms. The van der Waals surface area contributed by atoms with E-state index in [4.69, 9.17) is 27.9 Å². The normalized spacial score (nSPS) is 13.8. The van der Waals surface area contributed by atoms with Crippen molar-refractivity contribution in [1.29, 1.82) is 0 Å². The topological polar surface area (TPSA) is 60.3 Å². The lowest BCUT2D eigenvalue weighted by atomic mass is 10.2. The van der Waals surface area contributed by atoms with Crippen LogP contribution >= 0.6 is 23.2 Å². The van der Waals surface area contributed by atoms with Crippen LogP contribution in [-0.4, -0.2) is 23.1 Å². The van der Waals surface area contributed by atoms with Gasteiger partial charge in [0.25, 0.3) is 5.91 Å². The molecule has 0 bridgehead atoms. The standard InChI is InChI=1S/C20H20Cl2N2O3/c1-12-10-14(13(2)24(12)15-7-8-15)6-9-19(26)27-11-18(25)23-20-16(21)4-3-5-17(20)22/h3-6,9-10,15H,7-8,11H2,1-2H3,(H,23,25)/b9-6+. The van der Waals surface area contributed by atoms with Gasteiger partial charge in [-0.05, 0) is 56.5 Å². The van der Waals surface area contributed by atoms with Crippen molar-refractivity contribution < 1.29 is 14.3 Å². The first-order valence-electron chi connectivity index (χ1n) is 8.64. The molecule has 1 aliphatic rings. The molecule has 0 atom stereocenters. The Kier molecular flexibility index (Phi) is 5.92. The van der Waals surface area contributed by atoms with E-state index in [-0.39, 0.29) is 0 Å². The average molecular weight is 407 g/mol. The van der Waals surface area contributed by atoms with Crippen molar-refractivity contribution in [3.63, 3.8) is 0 Å². The number of benzene rings is 1. The number of anilines is 1. The van der Waals surface area contributed by atoms with Gasteiger partial charge in [-0.15, -0.1) is 0 Å². The quantitative estimate of drug-likeness (QED) is 0.545. The number of hydrogen-bond donors (Lipinski definition) is 1. The molecule has 2 aromatic rings. The molecule has 1 heterocycles. The fraction of sp³-hybridized carbons (Fsp3) is 0.300. The van der Waals surface area contributed by atoms with Crippen LogP contribution in [0.15, 0.2) is 30.3 Å². The lowest BCUT2D eigenvalue weighted by Gasteiger charge is -2.09. The summed E-state index contributed by atoms with van der Waals surface area (Å²) < 4.78 is 7.28. The zero-order valence-electron chi connectivity index (χ0n) is 15.1. The van der Waals surface area contributed by atoms with E-state index in [1.165, 1.54) is 24.6 Å². The summed E-state index contributed by atoms with van der Waals surface area (Å²) in [4.78, 5) is 23.9. The largest absolute Gasteiger partial charge is 0.452 e. The zero-order valence-corrected chi connectivity index (χ0v) is 16.6. The zero-order chi connectivity index (χ0) is 19.6. The maximum absolute atomic E-state index is 11.9. The third-order valence-electron chi connectivity index (χ3n) is 4.41. The lowest BCUT2D eigenvalue weighted by molar-refractivity contribution is -0.142. The number of rotatable bonds is 6. The number of ether oxygens (including phenoxy) is 1. The number of para-hydroxylation sites is 1. The molecule has 0 saturated heterocycles. The van der Waals surface area contributed by atoms with Gasteiger partial charge in [-0.25, -0.2) is 4.79 Å². The van der Waals surface area contributed by atoms with Gasteiger partial charge < -0.3 is 14.6 Å². The van der Waals surface area contributed by atoms with E-state index in [1.54, 1.807) is 24.3 Å². The summed E-state index contributed by atoms with van der Waals surface area (Å²) in [5.74, 6) is -1.11. The predicted octanol–water partition coefficient (Wildman–Crippen LogP) is 4.94. The van der Waals surface area contributed by atoms with E-state index in [0.717, 1.165) is 11.3 Å². The van der Waals surface area contributed by atoms with Gasteiger partial charge >= 0.3 is 5.97 Å². The third-order valence-corrected chi connectivity index (χ3v) is 5.04. The van der Waals surface area contributed by atoms with E-state index in [1.807, 2.05) is 13.0 Å². The maximum Gasteiger partial charge on any atom is 0.331 e. The Balaban J connectivity index is 1.54. The van der Waals surface area contributed by atoms with Gasteiger partial charge in [-0.3, -0.25) is 4.79 Å². The molecule has 1 aliphatic carbocycles. The molecule has 7 heteroatoms. The second-order valence-electron chi connectivity index (χ2n) is 6.51. The van der Waals surface area contributed by atoms with Crippen molar-refractivity contribution in [2.24, 2.45) is 0 Å². The Morgan fingerprint density at radius 2 is 1.93 bits per heavy atom. The highest BCUT2D eigenvalue weighted by atomic mass is 35.5. The van der Waals surface area contributed by atoms with Crippen LogP contribution in [-0.2, 0) is 14.3 Å². The van der Waals surface area contributed by atoms with Gasteiger partial charge in [0.05, 0.1) is 15.7 Å². The minimum atomic E-state index is -0.591. The lowest BCUT2D eigenvalue weighted by Crippen LogP contribution is -2.20. The molecule has 142 valence electrons. The molecular weight excluding hydrogens is 387 g/mol. The summed E-state index contributed by atoms with van der Waals surface area (Å²) in [5.41, 5.74) is 3.58. The first-order valence-corrected chi connectivity index (χ1v) is 9.39. The van der Waals surface area contributed by atoms with E-state index in [2.05, 4.69) is 16.8 Å². The van der Waals surface area contributed by atoms with E-state index < -0.39 is 18.5 Å². The first-order chi connectivity index (χ1) is 12.9. The summed E-state index contributed by atoms with van der Waals surface area (Å²) in [6.07, 6.45) is 5.44. The van der Waals surface area contributed by atoms with Crippen LogP contribution in [0, 0.1) is 13.8 Å². The highest BCUT2D eigenvalue weighted by Crippen LogP contribution is 2.38. The number of carbonyl (C=O) groups excluding carboxylic acids is 2. The highest BCUT2D eigenvalue weighted by Gasteiger charge is 2.26. The fourth-order valence-electron chi connectivity index (χ4n) is 3.00. The van der Waals surface area contributed by atoms with E-state index >= 15 is 0 Å². The van der Waals surface area contributed by atoms with Gasteiger partial charge in [0.15, 0.2) is 6.61 Å². The Morgan fingerprint density at radius 3 is 2.56 bits per heavy atom. The molecule has 0 spiro atoms. The average Bonchev–Trinajstić information content (AvgIpc) is 3.40. The highest BCUT2D eigenvalue weighted by molar-refractivity contribution is 6.39. The molecule has 1 N–H and O–H groups in total. The Bertz CT molecular complexity index is 894. The molecule has 1 aromatic carbocycles. The monoisotopic (exact) mass is 406 g/mol. The molecule has 3 rings (SSSR count). The minimum absolute atomic E-state index is 0.296. The molecule has 1 fully saturated rings. The number of aromatic nitrogens is 1. The number of nitrogens with zero attached hydrogens (tertiary/aromatic N) is 1. The number of carbonyl (C=O) groups is 2. The number of halogens is 2. The molecule has 0 aliphatic heterocycles. The molecule has 5 nitrogen and oxygen atoms in total. The van der Waals surface area contributed by atoms with Gasteiger partial charge in [0.1, 0.15) is 0 Å².